The normalized spacial score (nSPS) is 18.7. The third-order valence-electron chi connectivity index (χ3n) is 10.7. The van der Waals surface area contributed by atoms with Crippen molar-refractivity contribution in [1.29, 1.82) is 0 Å². The van der Waals surface area contributed by atoms with Gasteiger partial charge in [0.05, 0.1) is 29.7 Å². The Morgan fingerprint density at radius 2 is 1.56 bits per heavy atom. The monoisotopic (exact) mass is 979 g/mol. The van der Waals surface area contributed by atoms with Crippen molar-refractivity contribution in [3.63, 3.8) is 0 Å². The molecule has 360 valence electrons. The summed E-state index contributed by atoms with van der Waals surface area (Å²) >= 11 is 0. The highest BCUT2D eigenvalue weighted by Crippen LogP contribution is 2.29. The molecule has 0 spiro atoms. The van der Waals surface area contributed by atoms with Gasteiger partial charge in [-0.05, 0) is 107 Å². The van der Waals surface area contributed by atoms with E-state index in [-0.39, 0.29) is 97.1 Å². The highest BCUT2D eigenvalue weighted by atomic mass is 35.5. The van der Waals surface area contributed by atoms with E-state index in [4.69, 9.17) is 21.9 Å². The van der Waals surface area contributed by atoms with E-state index < -0.39 is 69.9 Å². The molecule has 12 N–H and O–H groups in total. The predicted molar refractivity (Wildman–Crippen MR) is 250 cm³/mol. The summed E-state index contributed by atoms with van der Waals surface area (Å²) in [5, 5.41) is 8.19. The van der Waals surface area contributed by atoms with Gasteiger partial charge in [-0.1, -0.05) is 13.8 Å². The highest BCUT2D eigenvalue weighted by molar-refractivity contribution is 7.89. The molecule has 2 saturated heterocycles. The molecule has 24 heteroatoms. The second-order valence-corrected chi connectivity index (χ2v) is 17.5. The van der Waals surface area contributed by atoms with Crippen LogP contribution >= 0.6 is 37.2 Å². The van der Waals surface area contributed by atoms with Crippen molar-refractivity contribution in [1.82, 2.24) is 36.0 Å². The number of hydrogen-bond donors (Lipinski definition) is 9. The van der Waals surface area contributed by atoms with Gasteiger partial charge in [0, 0.05) is 43.5 Å². The number of carbonyl (C=O) groups is 6. The Balaban J connectivity index is 0.00000683. The van der Waals surface area contributed by atoms with Crippen LogP contribution in [0.3, 0.4) is 0 Å². The summed E-state index contributed by atoms with van der Waals surface area (Å²) in [7, 11) is -2.73. The van der Waals surface area contributed by atoms with Gasteiger partial charge < -0.3 is 42.8 Å². The third-order valence-corrected chi connectivity index (χ3v) is 12.2. The summed E-state index contributed by atoms with van der Waals surface area (Å²) in [4.78, 5) is 82.9. The number of nitrogens with zero attached hydrogens (tertiary/aromatic N) is 2. The molecule has 0 saturated carbocycles. The SMILES string of the molecule is COc1ccc(NC(C)=O)cc1C(=O)NNC(=O)[C@H](CCCCN)NC(=O)[C@@H]1CCCN1[C@@H]1CN(C(=O)[C@@H](NC(=O)[C@H](C)N)C(C)C)CC[C@H]1NS(=O)(=O)c1ccc(N)cc1.Cl.Cl.Cl. The first kappa shape index (κ1) is 57.5. The van der Waals surface area contributed by atoms with E-state index in [0.717, 1.165) is 0 Å². The molecule has 0 bridgehead atoms. The van der Waals surface area contributed by atoms with Gasteiger partial charge in [0.2, 0.25) is 33.7 Å². The van der Waals surface area contributed by atoms with Gasteiger partial charge in [0.1, 0.15) is 17.8 Å². The maximum atomic E-state index is 14.3. The van der Waals surface area contributed by atoms with Crippen LogP contribution in [0.4, 0.5) is 11.4 Å². The predicted octanol–water partition coefficient (Wildman–Crippen LogP) is 0.776. The molecule has 6 atom stereocenters. The van der Waals surface area contributed by atoms with Crippen LogP contribution in [-0.2, 0) is 34.0 Å². The van der Waals surface area contributed by atoms with Crippen LogP contribution in [0.15, 0.2) is 47.4 Å². The number of ether oxygens (including phenoxy) is 1. The van der Waals surface area contributed by atoms with E-state index >= 15 is 0 Å². The summed E-state index contributed by atoms with van der Waals surface area (Å²) < 4.78 is 35.6. The molecule has 2 aliphatic heterocycles. The standard InChI is InChI=1S/C40H61N11O9S.3ClH/c1-23(2)35(46-36(53)24(3)42)40(57)50-20-17-30(49-61(58,59)28-14-11-26(43)12-15-28)33(22-50)51-19-8-10-32(51)39(56)45-31(9-6-7-18-41)38(55)48-47-37(54)29-21-27(44-25(4)52)13-16-34(29)60-5;;;/h11-16,21,23-24,30-33,35,49H,6-10,17-20,22,41-43H2,1-5H3,(H,44,52)(H,45,56)(H,46,53)(H,47,54)(H,48,55);3*1H/t24-,30+,31-,32-,33+,35-;;;/m0.../s1. The first-order valence-corrected chi connectivity index (χ1v) is 21.9. The number of carbonyl (C=O) groups excluding carboxylic acids is 6. The fourth-order valence-corrected chi connectivity index (χ4v) is 8.75. The number of hydrogen-bond acceptors (Lipinski definition) is 13. The number of unbranched alkanes of at least 4 members (excludes halogenated alkanes) is 1. The zero-order valence-electron chi connectivity index (χ0n) is 36.6. The maximum absolute atomic E-state index is 14.3. The summed E-state index contributed by atoms with van der Waals surface area (Å²) in [6, 6.07) is 5.01. The zero-order valence-corrected chi connectivity index (χ0v) is 39.9. The van der Waals surface area contributed by atoms with Crippen LogP contribution in [0, 0.1) is 5.92 Å². The minimum atomic E-state index is -4.09. The second-order valence-electron chi connectivity index (χ2n) is 15.7. The number of anilines is 2. The van der Waals surface area contributed by atoms with Crippen molar-refractivity contribution in [2.24, 2.45) is 17.4 Å². The van der Waals surface area contributed by atoms with E-state index in [9.17, 15) is 37.2 Å². The van der Waals surface area contributed by atoms with Crippen LogP contribution in [0.25, 0.3) is 0 Å². The van der Waals surface area contributed by atoms with E-state index in [0.29, 0.717) is 50.1 Å². The molecule has 2 fully saturated rings. The molecule has 0 aliphatic carbocycles. The molecule has 0 aromatic heterocycles. The summed E-state index contributed by atoms with van der Waals surface area (Å²) in [6.45, 7) is 7.32. The minimum absolute atomic E-state index is 0. The number of likely N-dealkylation sites (tertiary alicyclic amines) is 2. The number of sulfonamides is 1. The molecule has 0 unspecified atom stereocenters. The van der Waals surface area contributed by atoms with Crippen molar-refractivity contribution in [2.75, 3.05) is 44.3 Å². The van der Waals surface area contributed by atoms with Crippen molar-refractivity contribution >= 4 is 94.1 Å². The molecule has 2 heterocycles. The average Bonchev–Trinajstić information content (AvgIpc) is 3.71. The average molecular weight is 981 g/mol. The lowest BCUT2D eigenvalue weighted by atomic mass is 9.95. The van der Waals surface area contributed by atoms with Crippen LogP contribution in [0.1, 0.15) is 76.6 Å². The first-order valence-electron chi connectivity index (χ1n) is 20.4. The van der Waals surface area contributed by atoms with E-state index in [1.54, 1.807) is 24.8 Å². The number of amides is 6. The van der Waals surface area contributed by atoms with Gasteiger partial charge >= 0.3 is 0 Å². The van der Waals surface area contributed by atoms with Crippen molar-refractivity contribution in [3.05, 3.63) is 48.0 Å². The van der Waals surface area contributed by atoms with E-state index in [1.807, 2.05) is 4.90 Å². The minimum Gasteiger partial charge on any atom is -0.496 e. The van der Waals surface area contributed by atoms with Crippen LogP contribution < -0.4 is 53.5 Å². The number of nitrogens with two attached hydrogens (primary N) is 3. The topological polar surface area (TPSA) is 303 Å². The number of benzene rings is 2. The molecule has 2 aliphatic rings. The molecule has 0 radical (unpaired) electrons. The Kier molecular flexibility index (Phi) is 23.8. The molecule has 6 amide bonds. The van der Waals surface area contributed by atoms with Gasteiger partial charge in [-0.3, -0.25) is 44.5 Å². The second kappa shape index (κ2) is 26.5. The van der Waals surface area contributed by atoms with Gasteiger partial charge in [0.25, 0.3) is 11.8 Å². The Bertz CT molecular complexity index is 2020. The largest absolute Gasteiger partial charge is 0.496 e. The quantitative estimate of drug-likeness (QED) is 0.0568. The van der Waals surface area contributed by atoms with Crippen LogP contribution in [0.5, 0.6) is 5.75 Å². The Labute approximate surface area is 393 Å². The molecular weight excluding hydrogens is 917 g/mol. The molecule has 20 nitrogen and oxygen atoms in total. The zero-order chi connectivity index (χ0) is 45.0. The van der Waals surface area contributed by atoms with Gasteiger partial charge in [-0.25, -0.2) is 13.1 Å². The number of hydrazine groups is 1. The third kappa shape index (κ3) is 15.6. The molecule has 64 heavy (non-hydrogen) atoms. The van der Waals surface area contributed by atoms with E-state index in [1.165, 1.54) is 57.4 Å². The summed E-state index contributed by atoms with van der Waals surface area (Å²) in [5.74, 6) is -3.29. The Morgan fingerprint density at radius 3 is 2.16 bits per heavy atom. The summed E-state index contributed by atoms with van der Waals surface area (Å²) in [6.07, 6.45) is 2.30. The van der Waals surface area contributed by atoms with Gasteiger partial charge in [0.15, 0.2) is 0 Å². The fraction of sp³-hybridized carbons (Fsp3) is 0.550. The fourth-order valence-electron chi connectivity index (χ4n) is 7.45. The number of methoxy groups -OCH3 is 1. The Hall–Kier alpha value is -4.48. The van der Waals surface area contributed by atoms with Gasteiger partial charge in [-0.15, -0.1) is 37.2 Å². The van der Waals surface area contributed by atoms with Crippen LogP contribution in [-0.4, -0.2) is 123 Å². The smallest absolute Gasteiger partial charge is 0.273 e. The molecule has 2 aromatic rings. The van der Waals surface area contributed by atoms with Crippen LogP contribution in [0.2, 0.25) is 0 Å². The van der Waals surface area contributed by atoms with Crippen molar-refractivity contribution < 1.29 is 41.9 Å². The summed E-state index contributed by atoms with van der Waals surface area (Å²) in [5.41, 5.74) is 22.8. The Morgan fingerprint density at radius 1 is 0.891 bits per heavy atom. The van der Waals surface area contributed by atoms with Gasteiger partial charge in [-0.2, -0.15) is 0 Å². The van der Waals surface area contributed by atoms with Crippen molar-refractivity contribution in [2.45, 2.75) is 107 Å². The highest BCUT2D eigenvalue weighted by Gasteiger charge is 2.45. The number of piperidine rings is 1. The lowest BCUT2D eigenvalue weighted by Crippen LogP contribution is -2.66. The van der Waals surface area contributed by atoms with E-state index in [2.05, 4.69) is 31.5 Å². The number of nitrogen functional groups attached to an aromatic ring is 1. The lowest BCUT2D eigenvalue weighted by molar-refractivity contribution is -0.140. The molecule has 2 aromatic carbocycles. The lowest BCUT2D eigenvalue weighted by Gasteiger charge is -2.45. The molecular formula is C40H64Cl3N11O9S. The maximum Gasteiger partial charge on any atom is 0.273 e. The number of halogens is 3. The molecule has 4 rings (SSSR count). The first-order chi connectivity index (χ1) is 28.9. The number of rotatable bonds is 18. The van der Waals surface area contributed by atoms with Crippen molar-refractivity contribution in [3.8, 4) is 5.75 Å². The number of nitrogens with one attached hydrogen (secondary N) is 6.